The minimum atomic E-state index is -0.575. The lowest BCUT2D eigenvalue weighted by Crippen LogP contribution is -2.63. The van der Waals surface area contributed by atoms with Crippen LogP contribution >= 0.6 is 0 Å². The van der Waals surface area contributed by atoms with E-state index in [0.29, 0.717) is 13.2 Å². The van der Waals surface area contributed by atoms with Crippen molar-refractivity contribution in [3.63, 3.8) is 0 Å². The fourth-order valence-electron chi connectivity index (χ4n) is 1.54. The molecule has 0 spiro atoms. The second-order valence-electron chi connectivity index (χ2n) is 3.41. The third kappa shape index (κ3) is 0.828. The van der Waals surface area contributed by atoms with Gasteiger partial charge in [0.2, 0.25) is 5.91 Å². The zero-order valence-electron chi connectivity index (χ0n) is 6.72. The van der Waals surface area contributed by atoms with Crippen molar-refractivity contribution in [2.75, 3.05) is 13.2 Å². The Morgan fingerprint density at radius 3 is 3.08 bits per heavy atom. The van der Waals surface area contributed by atoms with E-state index in [-0.39, 0.29) is 11.9 Å². The average Bonchev–Trinajstić information content (AvgIpc) is 2.33. The quantitative estimate of drug-likeness (QED) is 0.501. The van der Waals surface area contributed by atoms with Crippen LogP contribution in [-0.2, 0) is 9.53 Å². The summed E-state index contributed by atoms with van der Waals surface area (Å²) in [5.74, 6) is -0.242. The molecule has 2 saturated heterocycles. The molecule has 2 atom stereocenters. The number of carbonyl (C=O) groups excluding carboxylic acids is 2. The number of fused-ring (bicyclic) bond motifs is 1. The Morgan fingerprint density at radius 2 is 2.33 bits per heavy atom. The van der Waals surface area contributed by atoms with Gasteiger partial charge < -0.3 is 10.1 Å². The molecule has 2 aliphatic heterocycles. The summed E-state index contributed by atoms with van der Waals surface area (Å²) in [6.07, 6.45) is 0. The van der Waals surface area contributed by atoms with Crippen LogP contribution in [0.15, 0.2) is 0 Å². The van der Waals surface area contributed by atoms with E-state index in [0.717, 1.165) is 0 Å². The van der Waals surface area contributed by atoms with Crippen LogP contribution in [0, 0.1) is 5.41 Å². The van der Waals surface area contributed by atoms with E-state index in [1.807, 2.05) is 0 Å². The lowest BCUT2D eigenvalue weighted by Gasteiger charge is -2.32. The fourth-order valence-corrected chi connectivity index (χ4v) is 1.54. The summed E-state index contributed by atoms with van der Waals surface area (Å²) in [6, 6.07) is -0.591. The molecule has 0 radical (unpaired) electrons. The van der Waals surface area contributed by atoms with Gasteiger partial charge in [-0.3, -0.25) is 10.1 Å². The number of urea groups is 1. The Balaban J connectivity index is 2.28. The smallest absolute Gasteiger partial charge is 0.321 e. The van der Waals surface area contributed by atoms with Crippen LogP contribution in [0.5, 0.6) is 0 Å². The molecule has 0 aromatic heterocycles. The van der Waals surface area contributed by atoms with E-state index < -0.39 is 11.4 Å². The Morgan fingerprint density at radius 1 is 1.58 bits per heavy atom. The van der Waals surface area contributed by atoms with Crippen molar-refractivity contribution >= 4 is 11.9 Å². The molecule has 0 aromatic rings. The lowest BCUT2D eigenvalue weighted by atomic mass is 9.83. The van der Waals surface area contributed by atoms with Crippen molar-refractivity contribution in [2.45, 2.75) is 13.0 Å². The van der Waals surface area contributed by atoms with Crippen molar-refractivity contribution in [2.24, 2.45) is 5.41 Å². The first-order valence-electron chi connectivity index (χ1n) is 3.82. The van der Waals surface area contributed by atoms with Gasteiger partial charge in [0.25, 0.3) is 0 Å². The molecule has 0 aromatic carbocycles. The molecular weight excluding hydrogens is 160 g/mol. The van der Waals surface area contributed by atoms with Crippen LogP contribution in [0.25, 0.3) is 0 Å². The number of carbonyl (C=O) groups is 2. The molecule has 2 rings (SSSR count). The van der Waals surface area contributed by atoms with Crippen LogP contribution in [-0.4, -0.2) is 31.2 Å². The van der Waals surface area contributed by atoms with Crippen LogP contribution < -0.4 is 10.6 Å². The second kappa shape index (κ2) is 2.20. The van der Waals surface area contributed by atoms with Gasteiger partial charge in [-0.25, -0.2) is 4.79 Å². The first-order valence-corrected chi connectivity index (χ1v) is 3.82. The summed E-state index contributed by atoms with van der Waals surface area (Å²) in [5, 5.41) is 4.88. The topological polar surface area (TPSA) is 67.4 Å². The monoisotopic (exact) mass is 170 g/mol. The molecule has 2 fully saturated rings. The highest BCUT2D eigenvalue weighted by Gasteiger charge is 2.50. The third-order valence-corrected chi connectivity index (χ3v) is 2.51. The second-order valence-corrected chi connectivity index (χ2v) is 3.41. The Bertz CT molecular complexity index is 253. The summed E-state index contributed by atoms with van der Waals surface area (Å²) in [4.78, 5) is 22.2. The van der Waals surface area contributed by atoms with E-state index in [1.165, 1.54) is 0 Å². The number of nitrogens with one attached hydrogen (secondary N) is 2. The van der Waals surface area contributed by atoms with Gasteiger partial charge in [-0.15, -0.1) is 0 Å². The highest BCUT2D eigenvalue weighted by Crippen LogP contribution is 2.30. The Kier molecular flexibility index (Phi) is 1.38. The van der Waals surface area contributed by atoms with Gasteiger partial charge in [0.1, 0.15) is 0 Å². The number of ether oxygens (including phenoxy) is 1. The van der Waals surface area contributed by atoms with Crippen molar-refractivity contribution in [1.29, 1.82) is 0 Å². The maximum atomic E-state index is 11.4. The summed E-state index contributed by atoms with van der Waals surface area (Å²) in [7, 11) is 0. The van der Waals surface area contributed by atoms with Gasteiger partial charge in [-0.05, 0) is 6.92 Å². The van der Waals surface area contributed by atoms with Gasteiger partial charge in [0.05, 0.1) is 24.7 Å². The zero-order valence-corrected chi connectivity index (χ0v) is 6.72. The number of imide groups is 1. The molecule has 5 heteroatoms. The predicted molar refractivity (Wildman–Crippen MR) is 39.4 cm³/mol. The maximum absolute atomic E-state index is 11.4. The van der Waals surface area contributed by atoms with Crippen LogP contribution in [0.3, 0.4) is 0 Å². The molecule has 2 heterocycles. The minimum absolute atomic E-state index is 0.168. The highest BCUT2D eigenvalue weighted by atomic mass is 16.5. The van der Waals surface area contributed by atoms with Gasteiger partial charge in [-0.1, -0.05) is 0 Å². The van der Waals surface area contributed by atoms with Gasteiger partial charge in [-0.2, -0.15) is 0 Å². The largest absolute Gasteiger partial charge is 0.378 e. The molecule has 2 aliphatic rings. The lowest BCUT2D eigenvalue weighted by molar-refractivity contribution is -0.130. The average molecular weight is 170 g/mol. The predicted octanol–water partition coefficient (Wildman–Crippen LogP) is -0.769. The molecule has 0 aliphatic carbocycles. The van der Waals surface area contributed by atoms with E-state index in [1.54, 1.807) is 6.92 Å². The molecule has 3 amide bonds. The first-order chi connectivity index (χ1) is 5.63. The fraction of sp³-hybridized carbons (Fsp3) is 0.714. The van der Waals surface area contributed by atoms with E-state index in [9.17, 15) is 9.59 Å². The zero-order chi connectivity index (χ0) is 8.77. The summed E-state index contributed by atoms with van der Waals surface area (Å²) in [5.41, 5.74) is -0.575. The van der Waals surface area contributed by atoms with Gasteiger partial charge in [0.15, 0.2) is 0 Å². The summed E-state index contributed by atoms with van der Waals surface area (Å²) >= 11 is 0. The van der Waals surface area contributed by atoms with Crippen molar-refractivity contribution in [3.05, 3.63) is 0 Å². The number of hydrogen-bond acceptors (Lipinski definition) is 3. The molecule has 0 bridgehead atoms. The van der Waals surface area contributed by atoms with E-state index >= 15 is 0 Å². The number of hydrogen-bond donors (Lipinski definition) is 2. The molecule has 5 nitrogen and oxygen atoms in total. The van der Waals surface area contributed by atoms with Crippen LogP contribution in [0.4, 0.5) is 4.79 Å². The minimum Gasteiger partial charge on any atom is -0.378 e. The number of rotatable bonds is 0. The highest BCUT2D eigenvalue weighted by molar-refractivity contribution is 6.00. The third-order valence-electron chi connectivity index (χ3n) is 2.51. The van der Waals surface area contributed by atoms with Crippen LogP contribution in [0.1, 0.15) is 6.92 Å². The Labute approximate surface area is 69.5 Å². The van der Waals surface area contributed by atoms with Crippen molar-refractivity contribution in [3.8, 4) is 0 Å². The normalized spacial score (nSPS) is 40.2. The molecule has 2 N–H and O–H groups in total. The van der Waals surface area contributed by atoms with E-state index in [2.05, 4.69) is 10.6 Å². The van der Waals surface area contributed by atoms with E-state index in [4.69, 9.17) is 4.74 Å². The van der Waals surface area contributed by atoms with Crippen molar-refractivity contribution in [1.82, 2.24) is 10.6 Å². The molecule has 0 saturated carbocycles. The number of amides is 3. The van der Waals surface area contributed by atoms with Crippen LogP contribution in [0.2, 0.25) is 0 Å². The molecule has 66 valence electrons. The molecule has 2 unspecified atom stereocenters. The molecular formula is C7H10N2O3. The van der Waals surface area contributed by atoms with Crippen molar-refractivity contribution < 1.29 is 14.3 Å². The van der Waals surface area contributed by atoms with Gasteiger partial charge >= 0.3 is 6.03 Å². The first kappa shape index (κ1) is 7.54. The Hall–Kier alpha value is -1.10. The summed E-state index contributed by atoms with van der Waals surface area (Å²) < 4.78 is 5.14. The maximum Gasteiger partial charge on any atom is 0.321 e. The standard InChI is InChI=1S/C7H10N2O3/c1-7-3-12-2-4(7)8-6(11)9-5(7)10/h4H,2-3H2,1H3,(H2,8,9,10,11). The SMILES string of the molecule is CC12COCC1NC(=O)NC2=O. The molecule has 12 heavy (non-hydrogen) atoms. The summed E-state index contributed by atoms with van der Waals surface area (Å²) in [6.45, 7) is 2.60. The van der Waals surface area contributed by atoms with Gasteiger partial charge in [0, 0.05) is 0 Å².